The lowest BCUT2D eigenvalue weighted by molar-refractivity contribution is 0.0519. The van der Waals surface area contributed by atoms with Gasteiger partial charge in [-0.25, -0.2) is 4.79 Å². The van der Waals surface area contributed by atoms with E-state index in [-0.39, 0.29) is 11.9 Å². The molecule has 0 bridgehead atoms. The number of carbonyl (C=O) groups is 2. The van der Waals surface area contributed by atoms with E-state index in [2.05, 4.69) is 17.1 Å². The third-order valence-electron chi connectivity index (χ3n) is 3.72. The molecule has 1 N–H and O–H groups in total. The van der Waals surface area contributed by atoms with Crippen LogP contribution in [-0.4, -0.2) is 42.5 Å². The van der Waals surface area contributed by atoms with E-state index < -0.39 is 6.09 Å². The number of nitrogens with one attached hydrogen (secondary N) is 1. The average molecular weight is 290 g/mol. The molecule has 1 aromatic carbocycles. The number of benzene rings is 1. The number of anilines is 1. The zero-order valence-electron chi connectivity index (χ0n) is 12.6. The van der Waals surface area contributed by atoms with E-state index in [1.165, 1.54) is 6.92 Å². The number of hydrogen-bond acceptors (Lipinski definition) is 4. The molecule has 1 saturated heterocycles. The average Bonchev–Trinajstić information content (AvgIpc) is 2.47. The highest BCUT2D eigenvalue weighted by Gasteiger charge is 2.22. The lowest BCUT2D eigenvalue weighted by Gasteiger charge is -2.31. The van der Waals surface area contributed by atoms with Crippen LogP contribution in [0.5, 0.6) is 0 Å². The Morgan fingerprint density at radius 1 is 1.33 bits per heavy atom. The minimum atomic E-state index is -0.437. The van der Waals surface area contributed by atoms with E-state index in [0.29, 0.717) is 11.3 Å². The molecule has 21 heavy (non-hydrogen) atoms. The third-order valence-corrected chi connectivity index (χ3v) is 3.72. The molecule has 0 aromatic heterocycles. The van der Waals surface area contributed by atoms with Crippen molar-refractivity contribution in [1.29, 1.82) is 0 Å². The Kier molecular flexibility index (Phi) is 5.33. The predicted molar refractivity (Wildman–Crippen MR) is 81.7 cm³/mol. The zero-order chi connectivity index (χ0) is 15.2. The van der Waals surface area contributed by atoms with Crippen molar-refractivity contribution in [1.82, 2.24) is 4.90 Å². The Morgan fingerprint density at radius 3 is 2.67 bits per heavy atom. The molecule has 1 unspecified atom stereocenters. The number of carbonyl (C=O) groups excluding carboxylic acids is 2. The monoisotopic (exact) mass is 290 g/mol. The maximum atomic E-state index is 11.9. The largest absolute Gasteiger partial charge is 0.445 e. The highest BCUT2D eigenvalue weighted by Crippen LogP contribution is 2.15. The summed E-state index contributed by atoms with van der Waals surface area (Å²) < 4.78 is 5.45. The second-order valence-electron chi connectivity index (χ2n) is 5.32. The van der Waals surface area contributed by atoms with Gasteiger partial charge in [0, 0.05) is 17.8 Å². The molecule has 1 amide bonds. The second kappa shape index (κ2) is 7.22. The first-order valence-electron chi connectivity index (χ1n) is 7.39. The fourth-order valence-corrected chi connectivity index (χ4v) is 2.48. The maximum Gasteiger partial charge on any atom is 0.411 e. The number of likely N-dealkylation sites (tertiary alicyclic amines) is 1. The topological polar surface area (TPSA) is 58.6 Å². The number of amides is 1. The Morgan fingerprint density at radius 2 is 2.05 bits per heavy atom. The van der Waals surface area contributed by atoms with Crippen molar-refractivity contribution in [2.75, 3.05) is 25.0 Å². The molecule has 0 spiro atoms. The number of ketones is 1. The minimum absolute atomic E-state index is 0.00555. The van der Waals surface area contributed by atoms with E-state index >= 15 is 0 Å². The molecule has 1 aliphatic heterocycles. The van der Waals surface area contributed by atoms with Gasteiger partial charge < -0.3 is 4.74 Å². The second-order valence-corrected chi connectivity index (χ2v) is 5.32. The summed E-state index contributed by atoms with van der Waals surface area (Å²) in [4.78, 5) is 25.3. The molecule has 5 nitrogen and oxygen atoms in total. The Labute approximate surface area is 125 Å². The first-order valence-corrected chi connectivity index (χ1v) is 7.39. The summed E-state index contributed by atoms with van der Waals surface area (Å²) in [6.45, 7) is 6.48. The van der Waals surface area contributed by atoms with Gasteiger partial charge in [-0.1, -0.05) is 6.92 Å². The molecular formula is C16H22N2O3. The van der Waals surface area contributed by atoms with Crippen LogP contribution < -0.4 is 5.32 Å². The van der Waals surface area contributed by atoms with Crippen LogP contribution in [0.15, 0.2) is 24.3 Å². The van der Waals surface area contributed by atoms with Crippen molar-refractivity contribution < 1.29 is 14.3 Å². The maximum absolute atomic E-state index is 11.9. The van der Waals surface area contributed by atoms with Crippen LogP contribution in [0.1, 0.15) is 37.0 Å². The molecule has 5 heteroatoms. The van der Waals surface area contributed by atoms with Gasteiger partial charge >= 0.3 is 6.09 Å². The number of likely N-dealkylation sites (N-methyl/N-ethyl adjacent to an activating group) is 1. The normalized spacial score (nSPS) is 19.0. The Hall–Kier alpha value is -1.88. The summed E-state index contributed by atoms with van der Waals surface area (Å²) in [5.41, 5.74) is 1.26. The number of hydrogen-bond donors (Lipinski definition) is 1. The fraction of sp³-hybridized carbons (Fsp3) is 0.500. The van der Waals surface area contributed by atoms with Crippen molar-refractivity contribution in [2.24, 2.45) is 0 Å². The van der Waals surface area contributed by atoms with Crippen molar-refractivity contribution in [3.05, 3.63) is 29.8 Å². The van der Waals surface area contributed by atoms with Gasteiger partial charge in [0.05, 0.1) is 0 Å². The van der Waals surface area contributed by atoms with Crippen LogP contribution >= 0.6 is 0 Å². The van der Waals surface area contributed by atoms with Gasteiger partial charge in [-0.2, -0.15) is 0 Å². The van der Waals surface area contributed by atoms with E-state index in [9.17, 15) is 9.59 Å². The fourth-order valence-electron chi connectivity index (χ4n) is 2.48. The Bertz CT molecular complexity index is 499. The molecule has 1 heterocycles. The quantitative estimate of drug-likeness (QED) is 0.866. The smallest absolute Gasteiger partial charge is 0.411 e. The first-order chi connectivity index (χ1) is 10.1. The minimum Gasteiger partial charge on any atom is -0.445 e. The SMILES string of the molecule is CCN1CCCC(OC(=O)Nc2ccc(C(C)=O)cc2)C1. The summed E-state index contributed by atoms with van der Waals surface area (Å²) in [7, 11) is 0. The summed E-state index contributed by atoms with van der Waals surface area (Å²) in [5.74, 6) is 0.00555. The first kappa shape index (κ1) is 15.5. The molecule has 0 aliphatic carbocycles. The molecule has 2 rings (SSSR count). The summed E-state index contributed by atoms with van der Waals surface area (Å²) in [5, 5.41) is 2.70. The highest BCUT2D eigenvalue weighted by atomic mass is 16.6. The molecular weight excluding hydrogens is 268 g/mol. The molecule has 0 saturated carbocycles. The van der Waals surface area contributed by atoms with Crippen LogP contribution in [0, 0.1) is 0 Å². The Balaban J connectivity index is 1.85. The predicted octanol–water partition coefficient (Wildman–Crippen LogP) is 2.92. The van der Waals surface area contributed by atoms with E-state index in [0.717, 1.165) is 32.5 Å². The van der Waals surface area contributed by atoms with Crippen molar-refractivity contribution >= 4 is 17.6 Å². The van der Waals surface area contributed by atoms with Gasteiger partial charge in [-0.3, -0.25) is 15.0 Å². The lowest BCUT2D eigenvalue weighted by Crippen LogP contribution is -2.40. The van der Waals surface area contributed by atoms with Gasteiger partial charge in [0.2, 0.25) is 0 Å². The van der Waals surface area contributed by atoms with E-state index in [4.69, 9.17) is 4.74 Å². The molecule has 1 fully saturated rings. The standard InChI is InChI=1S/C16H22N2O3/c1-3-18-10-4-5-15(11-18)21-16(20)17-14-8-6-13(7-9-14)12(2)19/h6-9,15H,3-5,10-11H2,1-2H3,(H,17,20). The van der Waals surface area contributed by atoms with Crippen LogP contribution in [-0.2, 0) is 4.74 Å². The summed E-state index contributed by atoms with van der Waals surface area (Å²) in [6.07, 6.45) is 1.48. The highest BCUT2D eigenvalue weighted by molar-refractivity contribution is 5.94. The molecule has 1 aliphatic rings. The van der Waals surface area contributed by atoms with Gasteiger partial charge in [0.15, 0.2) is 5.78 Å². The summed E-state index contributed by atoms with van der Waals surface area (Å²) in [6, 6.07) is 6.79. The van der Waals surface area contributed by atoms with Crippen LogP contribution in [0.2, 0.25) is 0 Å². The molecule has 1 aromatic rings. The van der Waals surface area contributed by atoms with E-state index in [1.54, 1.807) is 24.3 Å². The van der Waals surface area contributed by atoms with Crippen LogP contribution in [0.4, 0.5) is 10.5 Å². The van der Waals surface area contributed by atoms with Gasteiger partial charge in [0.1, 0.15) is 6.10 Å². The number of nitrogens with zero attached hydrogens (tertiary/aromatic N) is 1. The van der Waals surface area contributed by atoms with Gasteiger partial charge in [-0.05, 0) is 57.1 Å². The molecule has 0 radical (unpaired) electrons. The van der Waals surface area contributed by atoms with Crippen LogP contribution in [0.3, 0.4) is 0 Å². The van der Waals surface area contributed by atoms with Gasteiger partial charge in [0.25, 0.3) is 0 Å². The van der Waals surface area contributed by atoms with Crippen molar-refractivity contribution in [2.45, 2.75) is 32.8 Å². The molecule has 1 atom stereocenters. The van der Waals surface area contributed by atoms with Crippen molar-refractivity contribution in [3.8, 4) is 0 Å². The summed E-state index contributed by atoms with van der Waals surface area (Å²) >= 11 is 0. The number of rotatable bonds is 4. The lowest BCUT2D eigenvalue weighted by atomic mass is 10.1. The third kappa shape index (κ3) is 4.56. The van der Waals surface area contributed by atoms with E-state index in [1.807, 2.05) is 0 Å². The molecule has 114 valence electrons. The van der Waals surface area contributed by atoms with Gasteiger partial charge in [-0.15, -0.1) is 0 Å². The number of piperidine rings is 1. The zero-order valence-corrected chi connectivity index (χ0v) is 12.6. The van der Waals surface area contributed by atoms with Crippen LogP contribution in [0.25, 0.3) is 0 Å². The number of ether oxygens (including phenoxy) is 1. The number of Topliss-reactive ketones (excluding diaryl/α,β-unsaturated/α-hetero) is 1. The van der Waals surface area contributed by atoms with Crippen molar-refractivity contribution in [3.63, 3.8) is 0 Å².